The largest absolute Gasteiger partial charge is 0.416 e. The van der Waals surface area contributed by atoms with Crippen LogP contribution < -0.4 is 16.4 Å². The minimum Gasteiger partial charge on any atom is -0.166 e. The van der Waals surface area contributed by atoms with Crippen LogP contribution in [0, 0.1) is 0 Å². The molecule has 0 fully saturated rings. The molecule has 7 heteroatoms. The molecule has 0 saturated carbocycles. The predicted molar refractivity (Wildman–Crippen MR) is 94.0 cm³/mol. The van der Waals surface area contributed by atoms with E-state index in [1.54, 1.807) is 30.3 Å². The van der Waals surface area contributed by atoms with Crippen molar-refractivity contribution in [2.24, 2.45) is 0 Å². The Morgan fingerprint density at radius 2 is 0.778 bits per heavy atom. The van der Waals surface area contributed by atoms with Crippen molar-refractivity contribution in [3.05, 3.63) is 90.0 Å². The second-order valence-electron chi connectivity index (χ2n) is 6.08. The third-order valence-corrected chi connectivity index (χ3v) is 4.28. The van der Waals surface area contributed by atoms with Crippen molar-refractivity contribution < 1.29 is 26.3 Å². The zero-order valence-electron chi connectivity index (χ0n) is 13.9. The van der Waals surface area contributed by atoms with E-state index in [1.165, 1.54) is 24.3 Å². The lowest BCUT2D eigenvalue weighted by molar-refractivity contribution is -0.138. The summed E-state index contributed by atoms with van der Waals surface area (Å²) in [4.78, 5) is 0. The van der Waals surface area contributed by atoms with Crippen LogP contribution in [0.25, 0.3) is 0 Å². The molecule has 0 aliphatic carbocycles. The fraction of sp³-hybridized carbons (Fsp3) is 0.100. The molecule has 3 aromatic carbocycles. The smallest absolute Gasteiger partial charge is 0.166 e. The van der Waals surface area contributed by atoms with E-state index in [0.717, 1.165) is 29.7 Å². The van der Waals surface area contributed by atoms with Gasteiger partial charge < -0.3 is 0 Å². The fourth-order valence-corrected chi connectivity index (χ4v) is 2.95. The number of benzene rings is 3. The van der Waals surface area contributed by atoms with E-state index < -0.39 is 30.2 Å². The Labute approximate surface area is 152 Å². The summed E-state index contributed by atoms with van der Waals surface area (Å²) in [6, 6.07) is 18.3. The maximum Gasteiger partial charge on any atom is 0.416 e. The zero-order chi connectivity index (χ0) is 19.7. The van der Waals surface area contributed by atoms with Gasteiger partial charge in [0.05, 0.1) is 11.1 Å². The molecule has 138 valence electrons. The van der Waals surface area contributed by atoms with Crippen LogP contribution in [0.1, 0.15) is 11.1 Å². The third-order valence-electron chi connectivity index (χ3n) is 4.28. The Bertz CT molecular complexity index is 824. The molecule has 0 bridgehead atoms. The molecular formula is C20H13BF6. The Kier molecular flexibility index (Phi) is 5.04. The summed E-state index contributed by atoms with van der Waals surface area (Å²) in [5.41, 5.74) is 0.357. The Hall–Kier alpha value is -2.70. The summed E-state index contributed by atoms with van der Waals surface area (Å²) in [5, 5.41) is 0. The van der Waals surface area contributed by atoms with Gasteiger partial charge in [-0.2, -0.15) is 26.3 Å². The molecule has 3 rings (SSSR count). The van der Waals surface area contributed by atoms with Gasteiger partial charge in [0.15, 0.2) is 0 Å². The number of rotatable bonds is 3. The third kappa shape index (κ3) is 4.35. The van der Waals surface area contributed by atoms with Crippen molar-refractivity contribution >= 4 is 23.1 Å². The number of hydrogen-bond acceptors (Lipinski definition) is 0. The molecule has 0 saturated heterocycles. The topological polar surface area (TPSA) is 0 Å². The van der Waals surface area contributed by atoms with Crippen LogP contribution >= 0.6 is 0 Å². The second kappa shape index (κ2) is 7.14. The molecule has 0 aromatic heterocycles. The first-order valence-corrected chi connectivity index (χ1v) is 8.05. The fourth-order valence-electron chi connectivity index (χ4n) is 2.95. The van der Waals surface area contributed by atoms with Crippen molar-refractivity contribution in [1.29, 1.82) is 0 Å². The maximum absolute atomic E-state index is 12.8. The molecule has 3 aromatic rings. The van der Waals surface area contributed by atoms with Gasteiger partial charge in [-0.25, -0.2) is 0 Å². The lowest BCUT2D eigenvalue weighted by Crippen LogP contribution is -2.52. The van der Waals surface area contributed by atoms with Crippen LogP contribution in [0.3, 0.4) is 0 Å². The lowest BCUT2D eigenvalue weighted by atomic mass is 9.37. The summed E-state index contributed by atoms with van der Waals surface area (Å²) in [6.07, 6.45) is -8.90. The minimum atomic E-state index is -4.45. The Balaban J connectivity index is 2.05. The minimum absolute atomic E-state index is 0.476. The van der Waals surface area contributed by atoms with E-state index in [4.69, 9.17) is 0 Å². The highest BCUT2D eigenvalue weighted by atomic mass is 19.4. The quantitative estimate of drug-likeness (QED) is 0.473. The molecule has 0 N–H and O–H groups in total. The molecule has 0 radical (unpaired) electrons. The van der Waals surface area contributed by atoms with E-state index in [-0.39, 0.29) is 0 Å². The highest BCUT2D eigenvalue weighted by Crippen LogP contribution is 2.29. The molecule has 0 amide bonds. The zero-order valence-corrected chi connectivity index (χ0v) is 13.9. The standard InChI is InChI=1S/C20H13BF6/c22-19(23,24)14-6-10-17(11-7-14)21(16-4-2-1-3-5-16)18-12-8-15(9-13-18)20(25,26)27/h1-13H. The number of halogens is 6. The monoisotopic (exact) mass is 378 g/mol. The summed E-state index contributed by atoms with van der Waals surface area (Å²) in [6.45, 7) is -0.476. The van der Waals surface area contributed by atoms with E-state index in [2.05, 4.69) is 0 Å². The van der Waals surface area contributed by atoms with Gasteiger partial charge in [0.1, 0.15) is 0 Å². The van der Waals surface area contributed by atoms with Gasteiger partial charge in [0.25, 0.3) is 0 Å². The highest BCUT2D eigenvalue weighted by molar-refractivity contribution is 6.95. The first-order valence-electron chi connectivity index (χ1n) is 8.05. The van der Waals surface area contributed by atoms with Crippen LogP contribution in [0.2, 0.25) is 0 Å². The molecule has 27 heavy (non-hydrogen) atoms. The second-order valence-corrected chi connectivity index (χ2v) is 6.08. The van der Waals surface area contributed by atoms with E-state index in [0.29, 0.717) is 10.9 Å². The van der Waals surface area contributed by atoms with Gasteiger partial charge in [-0.1, -0.05) is 95.3 Å². The number of hydrogen-bond donors (Lipinski definition) is 0. The van der Waals surface area contributed by atoms with E-state index in [1.807, 2.05) is 0 Å². The molecular weight excluding hydrogens is 365 g/mol. The molecule has 0 aliphatic heterocycles. The van der Waals surface area contributed by atoms with Gasteiger partial charge in [-0.15, -0.1) is 0 Å². The van der Waals surface area contributed by atoms with Crippen molar-refractivity contribution in [3.8, 4) is 0 Å². The van der Waals surface area contributed by atoms with Crippen LogP contribution in [0.15, 0.2) is 78.9 Å². The highest BCUT2D eigenvalue weighted by Gasteiger charge is 2.32. The number of alkyl halides is 6. The first-order chi connectivity index (χ1) is 12.7. The van der Waals surface area contributed by atoms with Gasteiger partial charge >= 0.3 is 12.4 Å². The van der Waals surface area contributed by atoms with Crippen LogP contribution in [-0.2, 0) is 12.4 Å². The molecule has 0 heterocycles. The van der Waals surface area contributed by atoms with Crippen LogP contribution in [0.5, 0.6) is 0 Å². The SMILES string of the molecule is FC(F)(F)c1ccc(B(c2ccccc2)c2ccc(C(F)(F)F)cc2)cc1. The van der Waals surface area contributed by atoms with Crippen LogP contribution in [0.4, 0.5) is 26.3 Å². The summed E-state index contributed by atoms with van der Waals surface area (Å²) in [5.74, 6) is 0. The first kappa shape index (κ1) is 19.1. The Morgan fingerprint density at radius 3 is 1.11 bits per heavy atom. The lowest BCUT2D eigenvalue weighted by Gasteiger charge is -2.17. The van der Waals surface area contributed by atoms with E-state index in [9.17, 15) is 26.3 Å². The van der Waals surface area contributed by atoms with Crippen molar-refractivity contribution in [2.75, 3.05) is 0 Å². The average Bonchev–Trinajstić information content (AvgIpc) is 2.62. The molecule has 0 unspecified atom stereocenters. The van der Waals surface area contributed by atoms with Gasteiger partial charge in [0, 0.05) is 0 Å². The predicted octanol–water partition coefficient (Wildman–Crippen LogP) is 4.24. The van der Waals surface area contributed by atoms with Crippen molar-refractivity contribution in [2.45, 2.75) is 12.4 Å². The average molecular weight is 378 g/mol. The summed E-state index contributed by atoms with van der Waals surface area (Å²) >= 11 is 0. The van der Waals surface area contributed by atoms with Crippen LogP contribution in [-0.4, -0.2) is 6.71 Å². The van der Waals surface area contributed by atoms with Crippen molar-refractivity contribution in [3.63, 3.8) is 0 Å². The molecule has 0 nitrogen and oxygen atoms in total. The normalized spacial score (nSPS) is 12.1. The van der Waals surface area contributed by atoms with Gasteiger partial charge in [-0.05, 0) is 0 Å². The van der Waals surface area contributed by atoms with Crippen molar-refractivity contribution in [1.82, 2.24) is 0 Å². The Morgan fingerprint density at radius 1 is 0.444 bits per heavy atom. The molecule has 0 aliphatic rings. The van der Waals surface area contributed by atoms with E-state index >= 15 is 0 Å². The molecule has 0 atom stereocenters. The molecule has 0 spiro atoms. The van der Waals surface area contributed by atoms with Gasteiger partial charge in [-0.3, -0.25) is 0 Å². The summed E-state index contributed by atoms with van der Waals surface area (Å²) < 4.78 is 76.9. The van der Waals surface area contributed by atoms with Gasteiger partial charge in [0.2, 0.25) is 6.71 Å². The summed E-state index contributed by atoms with van der Waals surface area (Å²) in [7, 11) is 0. The maximum atomic E-state index is 12.8.